The number of hydrogen-bond donors (Lipinski definition) is 0. The molecule has 0 amide bonds. The van der Waals surface area contributed by atoms with Crippen LogP contribution < -0.4 is 4.74 Å². The second kappa shape index (κ2) is 4.24. The van der Waals surface area contributed by atoms with Gasteiger partial charge in [-0.3, -0.25) is 0 Å². The van der Waals surface area contributed by atoms with Gasteiger partial charge in [0.1, 0.15) is 11.9 Å². The fraction of sp³-hybridized carbons (Fsp3) is 0.222. The number of nitriles is 1. The van der Waals surface area contributed by atoms with Crippen molar-refractivity contribution in [2.75, 3.05) is 6.61 Å². The number of hydrogen-bond acceptors (Lipinski definition) is 2. The highest BCUT2D eigenvalue weighted by Crippen LogP contribution is 2.29. The van der Waals surface area contributed by atoms with Crippen LogP contribution >= 0.6 is 15.9 Å². The average Bonchev–Trinajstić information content (AvgIpc) is 2.09. The average molecular weight is 244 g/mol. The Bertz CT molecular complexity index is 359. The predicted molar refractivity (Wildman–Crippen MR) is 50.0 cm³/mol. The van der Waals surface area contributed by atoms with Gasteiger partial charge in [-0.1, -0.05) is 0 Å². The van der Waals surface area contributed by atoms with Gasteiger partial charge in [0.2, 0.25) is 0 Å². The van der Waals surface area contributed by atoms with E-state index in [0.717, 1.165) is 6.07 Å². The van der Waals surface area contributed by atoms with Crippen molar-refractivity contribution in [3.63, 3.8) is 0 Å². The minimum atomic E-state index is -0.452. The molecule has 0 heterocycles. The van der Waals surface area contributed by atoms with E-state index < -0.39 is 5.82 Å². The number of rotatable bonds is 2. The smallest absolute Gasteiger partial charge is 0.151 e. The molecule has 0 spiro atoms. The first-order chi connectivity index (χ1) is 6.19. The van der Waals surface area contributed by atoms with Crippen LogP contribution in [-0.2, 0) is 0 Å². The molecule has 13 heavy (non-hydrogen) atoms. The SMILES string of the molecule is CCOc1c(Br)cc(F)cc1C#N. The van der Waals surface area contributed by atoms with Crippen molar-refractivity contribution in [3.05, 3.63) is 28.0 Å². The van der Waals surface area contributed by atoms with Crippen molar-refractivity contribution in [1.82, 2.24) is 0 Å². The van der Waals surface area contributed by atoms with Gasteiger partial charge in [0, 0.05) is 0 Å². The van der Waals surface area contributed by atoms with Crippen molar-refractivity contribution < 1.29 is 9.13 Å². The number of benzene rings is 1. The largest absolute Gasteiger partial charge is 0.491 e. The first kappa shape index (κ1) is 10.0. The molecule has 0 saturated heterocycles. The summed E-state index contributed by atoms with van der Waals surface area (Å²) >= 11 is 3.12. The van der Waals surface area contributed by atoms with E-state index in [1.54, 1.807) is 6.92 Å². The van der Waals surface area contributed by atoms with E-state index in [1.165, 1.54) is 6.07 Å². The molecule has 0 aliphatic heterocycles. The molecule has 0 radical (unpaired) electrons. The minimum absolute atomic E-state index is 0.203. The maximum Gasteiger partial charge on any atom is 0.151 e. The predicted octanol–water partition coefficient (Wildman–Crippen LogP) is 2.86. The monoisotopic (exact) mass is 243 g/mol. The fourth-order valence-corrected chi connectivity index (χ4v) is 1.48. The Hall–Kier alpha value is -1.08. The van der Waals surface area contributed by atoms with Gasteiger partial charge in [-0.15, -0.1) is 0 Å². The van der Waals surface area contributed by atoms with Crippen LogP contribution in [0.5, 0.6) is 5.75 Å². The summed E-state index contributed by atoms with van der Waals surface area (Å²) in [5, 5.41) is 8.68. The number of nitrogens with zero attached hydrogens (tertiary/aromatic N) is 1. The van der Waals surface area contributed by atoms with Gasteiger partial charge in [-0.05, 0) is 35.0 Å². The molecule has 1 aromatic rings. The Balaban J connectivity index is 3.23. The van der Waals surface area contributed by atoms with Gasteiger partial charge in [-0.2, -0.15) is 5.26 Å². The molecule has 1 aromatic carbocycles. The van der Waals surface area contributed by atoms with E-state index in [0.29, 0.717) is 16.8 Å². The fourth-order valence-electron chi connectivity index (χ4n) is 0.934. The summed E-state index contributed by atoms with van der Waals surface area (Å²) in [5.41, 5.74) is 0.203. The molecule has 4 heteroatoms. The van der Waals surface area contributed by atoms with Gasteiger partial charge >= 0.3 is 0 Å². The Morgan fingerprint density at radius 1 is 1.62 bits per heavy atom. The third kappa shape index (κ3) is 2.19. The van der Waals surface area contributed by atoms with Crippen LogP contribution in [0, 0.1) is 17.1 Å². The van der Waals surface area contributed by atoms with Gasteiger partial charge in [0.05, 0.1) is 16.6 Å². The number of ether oxygens (including phenoxy) is 1. The highest BCUT2D eigenvalue weighted by molar-refractivity contribution is 9.10. The summed E-state index contributed by atoms with van der Waals surface area (Å²) in [7, 11) is 0. The zero-order chi connectivity index (χ0) is 9.84. The maximum absolute atomic E-state index is 12.8. The zero-order valence-corrected chi connectivity index (χ0v) is 8.56. The summed E-state index contributed by atoms with van der Waals surface area (Å²) in [6, 6.07) is 4.29. The van der Waals surface area contributed by atoms with Crippen LogP contribution in [0.1, 0.15) is 12.5 Å². The Morgan fingerprint density at radius 2 is 2.31 bits per heavy atom. The van der Waals surface area contributed by atoms with Crippen molar-refractivity contribution in [2.45, 2.75) is 6.92 Å². The van der Waals surface area contributed by atoms with E-state index in [-0.39, 0.29) is 5.56 Å². The lowest BCUT2D eigenvalue weighted by Crippen LogP contribution is -1.96. The summed E-state index contributed by atoms with van der Waals surface area (Å²) < 4.78 is 18.4. The molecular weight excluding hydrogens is 237 g/mol. The quantitative estimate of drug-likeness (QED) is 0.801. The minimum Gasteiger partial charge on any atom is -0.491 e. The third-order valence-electron chi connectivity index (χ3n) is 1.42. The van der Waals surface area contributed by atoms with Gasteiger partial charge in [-0.25, -0.2) is 4.39 Å². The summed E-state index contributed by atoms with van der Waals surface area (Å²) in [4.78, 5) is 0. The molecule has 0 aromatic heterocycles. The molecule has 0 aliphatic carbocycles. The zero-order valence-electron chi connectivity index (χ0n) is 6.97. The highest BCUT2D eigenvalue weighted by Gasteiger charge is 2.09. The van der Waals surface area contributed by atoms with E-state index >= 15 is 0 Å². The third-order valence-corrected chi connectivity index (χ3v) is 2.01. The lowest BCUT2D eigenvalue weighted by atomic mass is 10.2. The van der Waals surface area contributed by atoms with E-state index in [9.17, 15) is 4.39 Å². The molecule has 0 aliphatic rings. The normalized spacial score (nSPS) is 9.38. The van der Waals surface area contributed by atoms with E-state index in [1.807, 2.05) is 6.07 Å². The Labute approximate surface area is 84.1 Å². The standard InChI is InChI=1S/C9H7BrFNO/c1-2-13-9-6(5-12)3-7(11)4-8(9)10/h3-4H,2H2,1H3. The molecule has 2 nitrogen and oxygen atoms in total. The molecule has 0 bridgehead atoms. The first-order valence-corrected chi connectivity index (χ1v) is 4.50. The van der Waals surface area contributed by atoms with E-state index in [4.69, 9.17) is 10.00 Å². The number of halogens is 2. The lowest BCUT2D eigenvalue weighted by Gasteiger charge is -2.07. The molecule has 0 atom stereocenters. The summed E-state index contributed by atoms with van der Waals surface area (Å²) in [6.45, 7) is 2.25. The molecular formula is C9H7BrFNO. The summed E-state index contributed by atoms with van der Waals surface area (Å²) in [6.07, 6.45) is 0. The van der Waals surface area contributed by atoms with Crippen LogP contribution in [-0.4, -0.2) is 6.61 Å². The molecule has 1 rings (SSSR count). The van der Waals surface area contributed by atoms with Gasteiger partial charge < -0.3 is 4.74 Å². The Morgan fingerprint density at radius 3 is 2.85 bits per heavy atom. The molecule has 0 unspecified atom stereocenters. The second-order valence-corrected chi connectivity index (χ2v) is 3.16. The van der Waals surface area contributed by atoms with Crippen LogP contribution in [0.2, 0.25) is 0 Å². The van der Waals surface area contributed by atoms with Gasteiger partial charge in [0.15, 0.2) is 5.75 Å². The van der Waals surface area contributed by atoms with Crippen molar-refractivity contribution >= 4 is 15.9 Å². The van der Waals surface area contributed by atoms with Crippen LogP contribution in [0.25, 0.3) is 0 Å². The second-order valence-electron chi connectivity index (χ2n) is 2.31. The first-order valence-electron chi connectivity index (χ1n) is 3.71. The van der Waals surface area contributed by atoms with Gasteiger partial charge in [0.25, 0.3) is 0 Å². The van der Waals surface area contributed by atoms with Crippen molar-refractivity contribution in [3.8, 4) is 11.8 Å². The Kier molecular flexibility index (Phi) is 3.26. The molecule has 0 N–H and O–H groups in total. The molecule has 0 fully saturated rings. The summed E-state index contributed by atoms with van der Waals surface area (Å²) in [5.74, 6) is -0.0571. The van der Waals surface area contributed by atoms with Crippen molar-refractivity contribution in [1.29, 1.82) is 5.26 Å². The molecule has 0 saturated carbocycles. The van der Waals surface area contributed by atoms with Crippen LogP contribution in [0.4, 0.5) is 4.39 Å². The van der Waals surface area contributed by atoms with E-state index in [2.05, 4.69) is 15.9 Å². The van der Waals surface area contributed by atoms with Crippen LogP contribution in [0.3, 0.4) is 0 Å². The topological polar surface area (TPSA) is 33.0 Å². The maximum atomic E-state index is 12.8. The highest BCUT2D eigenvalue weighted by atomic mass is 79.9. The lowest BCUT2D eigenvalue weighted by molar-refractivity contribution is 0.336. The van der Waals surface area contributed by atoms with Crippen molar-refractivity contribution in [2.24, 2.45) is 0 Å². The molecule has 68 valence electrons. The van der Waals surface area contributed by atoms with Crippen LogP contribution in [0.15, 0.2) is 16.6 Å².